The lowest BCUT2D eigenvalue weighted by molar-refractivity contribution is 0.198. The molecule has 4 nitrogen and oxygen atoms in total. The smallest absolute Gasteiger partial charge is 0.130 e. The Morgan fingerprint density at radius 2 is 2.00 bits per heavy atom. The molecule has 0 saturated heterocycles. The Bertz CT molecular complexity index is 459. The van der Waals surface area contributed by atoms with E-state index < -0.39 is 6.10 Å². The first-order chi connectivity index (χ1) is 7.72. The van der Waals surface area contributed by atoms with Crippen LogP contribution in [0.4, 0.5) is 0 Å². The van der Waals surface area contributed by atoms with Gasteiger partial charge in [-0.3, -0.25) is 0 Å². The standard InChI is InChI=1S/C12H13NO3/c1-8(14)11-7-16-13-12(11)9-3-5-10(15-2)6-4-9/h3-8,14H,1-2H3/t8-/m0/s1. The summed E-state index contributed by atoms with van der Waals surface area (Å²) in [6, 6.07) is 7.44. The van der Waals surface area contributed by atoms with E-state index in [0.29, 0.717) is 11.3 Å². The minimum atomic E-state index is -0.594. The van der Waals surface area contributed by atoms with Gasteiger partial charge < -0.3 is 14.4 Å². The molecular weight excluding hydrogens is 206 g/mol. The Kier molecular flexibility index (Phi) is 2.92. The molecule has 1 aromatic carbocycles. The van der Waals surface area contributed by atoms with E-state index in [1.807, 2.05) is 24.3 Å². The van der Waals surface area contributed by atoms with Gasteiger partial charge in [0.1, 0.15) is 17.7 Å². The van der Waals surface area contributed by atoms with E-state index in [-0.39, 0.29) is 0 Å². The Labute approximate surface area is 93.5 Å². The molecule has 0 fully saturated rings. The Morgan fingerprint density at radius 1 is 1.31 bits per heavy atom. The van der Waals surface area contributed by atoms with Crippen molar-refractivity contribution in [2.75, 3.05) is 7.11 Å². The summed E-state index contributed by atoms with van der Waals surface area (Å²) in [5.74, 6) is 0.783. The first-order valence-corrected chi connectivity index (χ1v) is 4.99. The number of hydrogen-bond donors (Lipinski definition) is 1. The Morgan fingerprint density at radius 3 is 2.56 bits per heavy atom. The van der Waals surface area contributed by atoms with Gasteiger partial charge in [-0.1, -0.05) is 5.16 Å². The third-order valence-electron chi connectivity index (χ3n) is 2.41. The van der Waals surface area contributed by atoms with E-state index in [0.717, 1.165) is 11.3 Å². The van der Waals surface area contributed by atoms with Crippen molar-refractivity contribution in [2.45, 2.75) is 13.0 Å². The van der Waals surface area contributed by atoms with Gasteiger partial charge in [-0.25, -0.2) is 0 Å². The molecule has 0 unspecified atom stereocenters. The average Bonchev–Trinajstić information content (AvgIpc) is 2.78. The predicted octanol–water partition coefficient (Wildman–Crippen LogP) is 2.40. The summed E-state index contributed by atoms with van der Waals surface area (Å²) >= 11 is 0. The number of aliphatic hydroxyl groups is 1. The number of benzene rings is 1. The van der Waals surface area contributed by atoms with Crippen LogP contribution in [0.25, 0.3) is 11.3 Å². The average molecular weight is 219 g/mol. The summed E-state index contributed by atoms with van der Waals surface area (Å²) in [5.41, 5.74) is 2.24. The Hall–Kier alpha value is -1.81. The van der Waals surface area contributed by atoms with Crippen LogP contribution in [0.3, 0.4) is 0 Å². The molecule has 2 aromatic rings. The van der Waals surface area contributed by atoms with Gasteiger partial charge in [0.2, 0.25) is 0 Å². The number of ether oxygens (including phenoxy) is 1. The van der Waals surface area contributed by atoms with E-state index in [4.69, 9.17) is 9.26 Å². The molecule has 0 aliphatic carbocycles. The summed E-state index contributed by atoms with van der Waals surface area (Å²) in [5, 5.41) is 13.4. The van der Waals surface area contributed by atoms with Gasteiger partial charge in [0, 0.05) is 11.1 Å². The van der Waals surface area contributed by atoms with Gasteiger partial charge in [0.05, 0.1) is 13.2 Å². The molecule has 1 heterocycles. The number of aliphatic hydroxyl groups excluding tert-OH is 1. The normalized spacial score (nSPS) is 12.4. The van der Waals surface area contributed by atoms with Gasteiger partial charge in [-0.05, 0) is 31.2 Å². The molecule has 0 radical (unpaired) electrons. The van der Waals surface area contributed by atoms with Crippen LogP contribution in [0.5, 0.6) is 5.75 Å². The molecule has 1 aromatic heterocycles. The van der Waals surface area contributed by atoms with Crippen molar-refractivity contribution in [1.29, 1.82) is 0 Å². The first-order valence-electron chi connectivity index (χ1n) is 4.99. The second-order valence-electron chi connectivity index (χ2n) is 3.52. The maximum atomic E-state index is 9.53. The minimum absolute atomic E-state index is 0.594. The van der Waals surface area contributed by atoms with Gasteiger partial charge in [-0.15, -0.1) is 0 Å². The summed E-state index contributed by atoms with van der Waals surface area (Å²) < 4.78 is 9.95. The van der Waals surface area contributed by atoms with E-state index in [9.17, 15) is 5.11 Å². The third-order valence-corrected chi connectivity index (χ3v) is 2.41. The maximum Gasteiger partial charge on any atom is 0.130 e. The fraction of sp³-hybridized carbons (Fsp3) is 0.250. The van der Waals surface area contributed by atoms with E-state index in [1.165, 1.54) is 6.26 Å². The van der Waals surface area contributed by atoms with Crippen molar-refractivity contribution in [3.05, 3.63) is 36.1 Å². The molecule has 0 spiro atoms. The molecule has 1 N–H and O–H groups in total. The van der Waals surface area contributed by atoms with Crippen LogP contribution in [0.2, 0.25) is 0 Å². The fourth-order valence-electron chi connectivity index (χ4n) is 1.51. The van der Waals surface area contributed by atoms with Crippen LogP contribution in [0, 0.1) is 0 Å². The molecule has 16 heavy (non-hydrogen) atoms. The zero-order valence-electron chi connectivity index (χ0n) is 9.18. The molecule has 1 atom stereocenters. The molecule has 2 rings (SSSR count). The lowest BCUT2D eigenvalue weighted by atomic mass is 10.1. The highest BCUT2D eigenvalue weighted by Gasteiger charge is 2.14. The zero-order chi connectivity index (χ0) is 11.5. The Balaban J connectivity index is 2.38. The van der Waals surface area contributed by atoms with Crippen molar-refractivity contribution in [3.63, 3.8) is 0 Å². The SMILES string of the molecule is COc1ccc(-c2nocc2[C@H](C)O)cc1. The zero-order valence-corrected chi connectivity index (χ0v) is 9.18. The first kappa shape index (κ1) is 10.7. The monoisotopic (exact) mass is 219 g/mol. The highest BCUT2D eigenvalue weighted by atomic mass is 16.5. The predicted molar refractivity (Wildman–Crippen MR) is 59.1 cm³/mol. The van der Waals surface area contributed by atoms with Crippen LogP contribution >= 0.6 is 0 Å². The van der Waals surface area contributed by atoms with Crippen molar-refractivity contribution >= 4 is 0 Å². The molecule has 0 amide bonds. The lowest BCUT2D eigenvalue weighted by Gasteiger charge is -2.04. The summed E-state index contributed by atoms with van der Waals surface area (Å²) in [6.45, 7) is 1.68. The topological polar surface area (TPSA) is 55.5 Å². The molecule has 0 aliphatic heterocycles. The van der Waals surface area contributed by atoms with E-state index in [2.05, 4.69) is 5.16 Å². The second-order valence-corrected chi connectivity index (χ2v) is 3.52. The van der Waals surface area contributed by atoms with Crippen LogP contribution in [0.15, 0.2) is 35.1 Å². The van der Waals surface area contributed by atoms with Crippen LogP contribution in [-0.2, 0) is 0 Å². The fourth-order valence-corrected chi connectivity index (χ4v) is 1.51. The van der Waals surface area contributed by atoms with Crippen molar-refractivity contribution < 1.29 is 14.4 Å². The number of rotatable bonds is 3. The number of aromatic nitrogens is 1. The van der Waals surface area contributed by atoms with E-state index >= 15 is 0 Å². The molecule has 84 valence electrons. The summed E-state index contributed by atoms with van der Waals surface area (Å²) in [7, 11) is 1.62. The maximum absolute atomic E-state index is 9.53. The van der Waals surface area contributed by atoms with Crippen LogP contribution in [-0.4, -0.2) is 17.4 Å². The molecule has 0 aliphatic rings. The molecule has 0 bridgehead atoms. The molecule has 0 saturated carbocycles. The molecular formula is C12H13NO3. The molecule has 4 heteroatoms. The highest BCUT2D eigenvalue weighted by molar-refractivity contribution is 5.63. The van der Waals surface area contributed by atoms with Crippen LogP contribution < -0.4 is 4.74 Å². The number of methoxy groups -OCH3 is 1. The summed E-state index contributed by atoms with van der Waals surface area (Å²) in [6.07, 6.45) is 0.868. The quantitative estimate of drug-likeness (QED) is 0.861. The largest absolute Gasteiger partial charge is 0.497 e. The number of hydrogen-bond acceptors (Lipinski definition) is 4. The van der Waals surface area contributed by atoms with E-state index in [1.54, 1.807) is 14.0 Å². The number of nitrogens with zero attached hydrogens (tertiary/aromatic N) is 1. The lowest BCUT2D eigenvalue weighted by Crippen LogP contribution is -1.92. The van der Waals surface area contributed by atoms with Gasteiger partial charge in [-0.2, -0.15) is 0 Å². The summed E-state index contributed by atoms with van der Waals surface area (Å²) in [4.78, 5) is 0. The highest BCUT2D eigenvalue weighted by Crippen LogP contribution is 2.27. The van der Waals surface area contributed by atoms with Gasteiger partial charge in [0.15, 0.2) is 0 Å². The van der Waals surface area contributed by atoms with Gasteiger partial charge in [0.25, 0.3) is 0 Å². The minimum Gasteiger partial charge on any atom is -0.497 e. The van der Waals surface area contributed by atoms with Gasteiger partial charge >= 0.3 is 0 Å². The second kappa shape index (κ2) is 4.37. The third kappa shape index (κ3) is 1.92. The van der Waals surface area contributed by atoms with Crippen molar-refractivity contribution in [3.8, 4) is 17.0 Å². The van der Waals surface area contributed by atoms with Crippen molar-refractivity contribution in [1.82, 2.24) is 5.16 Å². The van der Waals surface area contributed by atoms with Crippen molar-refractivity contribution in [2.24, 2.45) is 0 Å². The van der Waals surface area contributed by atoms with Crippen LogP contribution in [0.1, 0.15) is 18.6 Å².